The van der Waals surface area contributed by atoms with Crippen LogP contribution in [0.15, 0.2) is 48.5 Å². The molecule has 1 fully saturated rings. The van der Waals surface area contributed by atoms with Crippen molar-refractivity contribution >= 4 is 33.0 Å². The summed E-state index contributed by atoms with van der Waals surface area (Å²) in [6.45, 7) is 3.71. The first-order valence-corrected chi connectivity index (χ1v) is 10.9. The van der Waals surface area contributed by atoms with Crippen LogP contribution in [0.1, 0.15) is 18.4 Å². The van der Waals surface area contributed by atoms with Gasteiger partial charge in [-0.1, -0.05) is 12.1 Å². The van der Waals surface area contributed by atoms with Gasteiger partial charge in [0.2, 0.25) is 15.9 Å². The second-order valence-corrected chi connectivity index (χ2v) is 8.80. The van der Waals surface area contributed by atoms with Crippen molar-refractivity contribution in [1.82, 2.24) is 0 Å². The summed E-state index contributed by atoms with van der Waals surface area (Å²) in [5.41, 5.74) is 3.23. The van der Waals surface area contributed by atoms with Gasteiger partial charge in [0.05, 0.1) is 11.9 Å². The van der Waals surface area contributed by atoms with Crippen molar-refractivity contribution in [2.75, 3.05) is 40.4 Å². The van der Waals surface area contributed by atoms with Crippen molar-refractivity contribution in [2.45, 2.75) is 19.8 Å². The third kappa shape index (κ3) is 5.01. The van der Waals surface area contributed by atoms with Crippen molar-refractivity contribution in [2.24, 2.45) is 0 Å². The maximum absolute atomic E-state index is 12.4. The minimum atomic E-state index is -3.59. The molecule has 2 aromatic rings. The molecular weight excluding hydrogens is 362 g/mol. The minimum Gasteiger partial charge on any atom is -0.372 e. The van der Waals surface area contributed by atoms with Crippen LogP contribution in [0.2, 0.25) is 0 Å². The van der Waals surface area contributed by atoms with E-state index in [2.05, 4.69) is 10.2 Å². The largest absolute Gasteiger partial charge is 0.372 e. The van der Waals surface area contributed by atoms with Crippen LogP contribution in [-0.2, 0) is 14.8 Å². The van der Waals surface area contributed by atoms with Crippen LogP contribution in [0.5, 0.6) is 0 Å². The van der Waals surface area contributed by atoms with Crippen LogP contribution in [0.3, 0.4) is 0 Å². The fourth-order valence-corrected chi connectivity index (χ4v) is 4.12. The molecule has 1 aliphatic rings. The molecule has 2 aromatic carbocycles. The number of hydrogen-bond acceptors (Lipinski definition) is 4. The molecule has 0 atom stereocenters. The topological polar surface area (TPSA) is 69.7 Å². The summed E-state index contributed by atoms with van der Waals surface area (Å²) in [5, 5.41) is 2.76. The number of sulfonamides is 1. The van der Waals surface area contributed by atoms with Gasteiger partial charge in [-0.2, -0.15) is 0 Å². The Morgan fingerprint density at radius 1 is 1.11 bits per heavy atom. The number of hydrogen-bond donors (Lipinski definition) is 1. The number of rotatable bonds is 6. The fraction of sp³-hybridized carbons (Fsp3) is 0.350. The van der Waals surface area contributed by atoms with Crippen LogP contribution in [-0.4, -0.2) is 40.2 Å². The maximum Gasteiger partial charge on any atom is 0.245 e. The van der Waals surface area contributed by atoms with Gasteiger partial charge in [-0.15, -0.1) is 0 Å². The zero-order chi connectivity index (χ0) is 19.4. The van der Waals surface area contributed by atoms with Crippen molar-refractivity contribution < 1.29 is 13.2 Å². The Morgan fingerprint density at radius 3 is 2.37 bits per heavy atom. The van der Waals surface area contributed by atoms with Gasteiger partial charge in [0, 0.05) is 24.5 Å². The molecule has 27 heavy (non-hydrogen) atoms. The highest BCUT2D eigenvalue weighted by Gasteiger charge is 2.21. The maximum atomic E-state index is 12.4. The number of anilines is 3. The lowest BCUT2D eigenvalue weighted by Crippen LogP contribution is -2.37. The molecule has 0 aromatic heterocycles. The Bertz CT molecular complexity index is 904. The highest BCUT2D eigenvalue weighted by Crippen LogP contribution is 2.25. The first-order chi connectivity index (χ1) is 12.8. The predicted octanol–water partition coefficient (Wildman–Crippen LogP) is 3.00. The first kappa shape index (κ1) is 19.2. The quantitative estimate of drug-likeness (QED) is 0.827. The molecule has 0 spiro atoms. The molecule has 144 valence electrons. The van der Waals surface area contributed by atoms with Gasteiger partial charge in [-0.3, -0.25) is 9.10 Å². The fourth-order valence-electron chi connectivity index (χ4n) is 3.26. The lowest BCUT2D eigenvalue weighted by molar-refractivity contribution is -0.114. The van der Waals surface area contributed by atoms with E-state index in [0.717, 1.165) is 34.9 Å². The van der Waals surface area contributed by atoms with Crippen molar-refractivity contribution in [3.05, 3.63) is 54.1 Å². The summed E-state index contributed by atoms with van der Waals surface area (Å²) in [7, 11) is -3.59. The van der Waals surface area contributed by atoms with E-state index in [9.17, 15) is 13.2 Å². The smallest absolute Gasteiger partial charge is 0.245 e. The first-order valence-electron chi connectivity index (χ1n) is 9.02. The highest BCUT2D eigenvalue weighted by atomic mass is 32.2. The number of amides is 1. The molecule has 6 nitrogen and oxygen atoms in total. The third-order valence-electron chi connectivity index (χ3n) is 4.60. The number of nitrogens with zero attached hydrogens (tertiary/aromatic N) is 2. The molecule has 0 aliphatic carbocycles. The second-order valence-electron chi connectivity index (χ2n) is 6.90. The van der Waals surface area contributed by atoms with Gasteiger partial charge >= 0.3 is 0 Å². The summed E-state index contributed by atoms with van der Waals surface area (Å²) in [6, 6.07) is 14.7. The van der Waals surface area contributed by atoms with Crippen molar-refractivity contribution in [3.8, 4) is 0 Å². The van der Waals surface area contributed by atoms with Gasteiger partial charge in [0.25, 0.3) is 0 Å². The molecule has 0 unspecified atom stereocenters. The molecule has 0 saturated carbocycles. The number of carbonyl (C=O) groups excluding carboxylic acids is 1. The monoisotopic (exact) mass is 387 g/mol. The summed E-state index contributed by atoms with van der Waals surface area (Å²) in [6.07, 6.45) is 3.47. The van der Waals surface area contributed by atoms with Crippen LogP contribution < -0.4 is 14.5 Å². The van der Waals surface area contributed by atoms with E-state index >= 15 is 0 Å². The van der Waals surface area contributed by atoms with Crippen LogP contribution in [0.4, 0.5) is 17.1 Å². The zero-order valence-corrected chi connectivity index (χ0v) is 16.5. The van der Waals surface area contributed by atoms with E-state index in [0.29, 0.717) is 11.4 Å². The molecule has 1 saturated heterocycles. The molecule has 1 amide bonds. The molecular formula is C20H25N3O3S. The number of carbonyl (C=O) groups is 1. The predicted molar refractivity (Wildman–Crippen MR) is 110 cm³/mol. The average Bonchev–Trinajstić information content (AvgIpc) is 3.13. The Hall–Kier alpha value is -2.54. The molecule has 1 N–H and O–H groups in total. The Morgan fingerprint density at radius 2 is 1.78 bits per heavy atom. The Labute approximate surface area is 160 Å². The molecule has 1 heterocycles. The van der Waals surface area contributed by atoms with E-state index in [4.69, 9.17) is 0 Å². The van der Waals surface area contributed by atoms with Crippen LogP contribution >= 0.6 is 0 Å². The molecule has 0 bridgehead atoms. The standard InChI is InChI=1S/C20H25N3O3S/c1-16-6-5-7-17(14-16)21-20(24)15-23(27(2,25)26)19-10-8-18(9-11-19)22-12-3-4-13-22/h5-11,14H,3-4,12-13,15H2,1-2H3,(H,21,24). The van der Waals surface area contributed by atoms with Gasteiger partial charge < -0.3 is 10.2 Å². The third-order valence-corrected chi connectivity index (χ3v) is 5.74. The van der Waals surface area contributed by atoms with Gasteiger partial charge in [0.15, 0.2) is 0 Å². The zero-order valence-electron chi connectivity index (χ0n) is 15.7. The van der Waals surface area contributed by atoms with E-state index in [1.54, 1.807) is 18.2 Å². The lowest BCUT2D eigenvalue weighted by Gasteiger charge is -2.23. The van der Waals surface area contributed by atoms with E-state index < -0.39 is 10.0 Å². The van der Waals surface area contributed by atoms with Gasteiger partial charge in [-0.05, 0) is 61.7 Å². The van der Waals surface area contributed by atoms with Crippen molar-refractivity contribution in [3.63, 3.8) is 0 Å². The minimum absolute atomic E-state index is 0.268. The van der Waals surface area contributed by atoms with Gasteiger partial charge in [-0.25, -0.2) is 8.42 Å². The number of benzene rings is 2. The summed E-state index contributed by atoms with van der Waals surface area (Å²) in [4.78, 5) is 14.7. The number of aryl methyl sites for hydroxylation is 1. The van der Waals surface area contributed by atoms with E-state index in [1.807, 2.05) is 37.3 Å². The van der Waals surface area contributed by atoms with Gasteiger partial charge in [0.1, 0.15) is 6.54 Å². The second kappa shape index (κ2) is 8.00. The normalized spacial score (nSPS) is 14.2. The SMILES string of the molecule is Cc1cccc(NC(=O)CN(c2ccc(N3CCCC3)cc2)S(C)(=O)=O)c1. The molecule has 7 heteroatoms. The lowest BCUT2D eigenvalue weighted by atomic mass is 10.2. The summed E-state index contributed by atoms with van der Waals surface area (Å²) < 4.78 is 25.6. The van der Waals surface area contributed by atoms with Crippen LogP contribution in [0.25, 0.3) is 0 Å². The summed E-state index contributed by atoms with van der Waals surface area (Å²) in [5.74, 6) is -0.380. The Balaban J connectivity index is 1.75. The van der Waals surface area contributed by atoms with Crippen LogP contribution in [0, 0.1) is 6.92 Å². The number of nitrogens with one attached hydrogen (secondary N) is 1. The van der Waals surface area contributed by atoms with E-state index in [1.165, 1.54) is 12.8 Å². The highest BCUT2D eigenvalue weighted by molar-refractivity contribution is 7.92. The van der Waals surface area contributed by atoms with E-state index in [-0.39, 0.29) is 12.5 Å². The molecule has 0 radical (unpaired) electrons. The average molecular weight is 388 g/mol. The Kier molecular flexibility index (Phi) is 5.70. The molecule has 1 aliphatic heterocycles. The molecule has 3 rings (SSSR count). The van der Waals surface area contributed by atoms with Crippen molar-refractivity contribution in [1.29, 1.82) is 0 Å². The summed E-state index contributed by atoms with van der Waals surface area (Å²) >= 11 is 0.